The summed E-state index contributed by atoms with van der Waals surface area (Å²) in [4.78, 5) is 13.0. The van der Waals surface area contributed by atoms with Crippen molar-refractivity contribution < 1.29 is 56.2 Å². The summed E-state index contributed by atoms with van der Waals surface area (Å²) >= 11 is 0. The van der Waals surface area contributed by atoms with E-state index in [-0.39, 0.29) is 19.6 Å². The number of carbonyl (C=O) groups is 1. The van der Waals surface area contributed by atoms with E-state index < -0.39 is 59.8 Å². The van der Waals surface area contributed by atoms with Crippen LogP contribution in [0.3, 0.4) is 0 Å². The summed E-state index contributed by atoms with van der Waals surface area (Å²) in [6, 6.07) is 0. The second-order valence-electron chi connectivity index (χ2n) is 19.8. The Morgan fingerprint density at radius 3 is 1.36 bits per heavy atom. The van der Waals surface area contributed by atoms with E-state index in [2.05, 4.69) is 103 Å². The molecule has 0 spiro atoms. The zero-order valence-corrected chi connectivity index (χ0v) is 47.2. The summed E-state index contributed by atoms with van der Waals surface area (Å²) in [6.07, 6.45) is 60.4. The number of unbranched alkanes of at least 4 members (excludes halogenated alkanes) is 24. The Labute approximate surface area is 451 Å². The molecule has 1 heterocycles. The molecule has 4 N–H and O–H groups in total. The highest BCUT2D eigenvalue weighted by molar-refractivity contribution is 7.80. The second kappa shape index (κ2) is 51.1. The zero-order valence-electron chi connectivity index (χ0n) is 46.4. The number of rotatable bonds is 51. The third-order valence-electron chi connectivity index (χ3n) is 13.0. The van der Waals surface area contributed by atoms with Crippen molar-refractivity contribution in [3.8, 4) is 0 Å². The molecule has 1 rings (SSSR count). The molecule has 1 aliphatic rings. The number of ether oxygens (including phenoxy) is 4. The predicted octanol–water partition coefficient (Wildman–Crippen LogP) is 14.8. The van der Waals surface area contributed by atoms with Crippen molar-refractivity contribution in [1.29, 1.82) is 0 Å². The molecule has 0 bridgehead atoms. The summed E-state index contributed by atoms with van der Waals surface area (Å²) in [7, 11) is -5.07. The summed E-state index contributed by atoms with van der Waals surface area (Å²) in [6.45, 7) is 3.87. The number of aliphatic hydroxyl groups excluding tert-OH is 3. The van der Waals surface area contributed by atoms with Crippen LogP contribution in [0.15, 0.2) is 85.1 Å². The van der Waals surface area contributed by atoms with E-state index in [0.29, 0.717) is 13.0 Å². The van der Waals surface area contributed by atoms with Gasteiger partial charge in [-0.1, -0.05) is 221 Å². The van der Waals surface area contributed by atoms with Crippen molar-refractivity contribution in [1.82, 2.24) is 0 Å². The first-order valence-corrected chi connectivity index (χ1v) is 30.7. The zero-order chi connectivity index (χ0) is 53.8. The van der Waals surface area contributed by atoms with E-state index in [1.54, 1.807) is 0 Å². The number of carbonyl (C=O) groups excluding carboxylic acids is 1. The lowest BCUT2D eigenvalue weighted by molar-refractivity contribution is -0.301. The first-order valence-electron chi connectivity index (χ1n) is 29.3. The molecule has 1 saturated heterocycles. The Balaban J connectivity index is 2.30. The Morgan fingerprint density at radius 1 is 0.527 bits per heavy atom. The first-order chi connectivity index (χ1) is 36.1. The van der Waals surface area contributed by atoms with Crippen molar-refractivity contribution in [2.75, 3.05) is 26.4 Å². The average molecular weight is 1060 g/mol. The third kappa shape index (κ3) is 43.4. The van der Waals surface area contributed by atoms with E-state index in [1.807, 2.05) is 0 Å². The van der Waals surface area contributed by atoms with E-state index in [0.717, 1.165) is 89.9 Å². The van der Waals surface area contributed by atoms with Gasteiger partial charge in [0.05, 0.1) is 19.8 Å². The number of allylic oxidation sites excluding steroid dienone is 14. The molecule has 6 atom stereocenters. The Morgan fingerprint density at radius 2 is 0.932 bits per heavy atom. The molecular formula is C61H106O12S. The van der Waals surface area contributed by atoms with Crippen molar-refractivity contribution in [2.45, 2.75) is 269 Å². The highest BCUT2D eigenvalue weighted by Gasteiger charge is 2.48. The smallest absolute Gasteiger partial charge is 0.397 e. The summed E-state index contributed by atoms with van der Waals surface area (Å²) in [5, 5.41) is 30.9. The maximum Gasteiger partial charge on any atom is 0.397 e. The fraction of sp³-hybridized carbons (Fsp3) is 0.754. The van der Waals surface area contributed by atoms with Gasteiger partial charge < -0.3 is 34.3 Å². The molecule has 428 valence electrons. The van der Waals surface area contributed by atoms with Gasteiger partial charge in [0.15, 0.2) is 6.29 Å². The van der Waals surface area contributed by atoms with Crippen LogP contribution in [-0.2, 0) is 38.3 Å². The predicted molar refractivity (Wildman–Crippen MR) is 303 cm³/mol. The van der Waals surface area contributed by atoms with E-state index in [9.17, 15) is 33.1 Å². The van der Waals surface area contributed by atoms with Gasteiger partial charge in [-0.15, -0.1) is 0 Å². The molecule has 0 radical (unpaired) electrons. The van der Waals surface area contributed by atoms with Crippen molar-refractivity contribution in [2.24, 2.45) is 0 Å². The summed E-state index contributed by atoms with van der Waals surface area (Å²) in [5.74, 6) is -0.406. The minimum atomic E-state index is -5.07. The molecule has 1 fully saturated rings. The Bertz CT molecular complexity index is 1600. The first kappa shape index (κ1) is 69.3. The minimum absolute atomic E-state index is 0.0274. The normalized spacial score (nSPS) is 19.4. The lowest BCUT2D eigenvalue weighted by Gasteiger charge is -2.41. The molecule has 13 heteroatoms. The summed E-state index contributed by atoms with van der Waals surface area (Å²) in [5.41, 5.74) is 0. The van der Waals surface area contributed by atoms with Gasteiger partial charge in [-0.3, -0.25) is 9.35 Å². The van der Waals surface area contributed by atoms with Crippen molar-refractivity contribution in [3.63, 3.8) is 0 Å². The van der Waals surface area contributed by atoms with Crippen LogP contribution >= 0.6 is 0 Å². The van der Waals surface area contributed by atoms with E-state index in [1.165, 1.54) is 116 Å². The quantitative estimate of drug-likeness (QED) is 0.0196. The number of esters is 1. The van der Waals surface area contributed by atoms with Crippen LogP contribution in [0, 0.1) is 0 Å². The van der Waals surface area contributed by atoms with Crippen LogP contribution in [0.4, 0.5) is 0 Å². The Hall–Kier alpha value is -2.72. The maximum atomic E-state index is 13.0. The Kier molecular flexibility index (Phi) is 47.8. The molecule has 0 aromatic rings. The van der Waals surface area contributed by atoms with Crippen LogP contribution in [0.2, 0.25) is 0 Å². The van der Waals surface area contributed by atoms with Gasteiger partial charge in [0.25, 0.3) is 0 Å². The average Bonchev–Trinajstić information content (AvgIpc) is 3.38. The molecule has 6 unspecified atom stereocenters. The standard InChI is InChI=1S/C61H106O12S/c1-3-5-7-9-11-13-15-17-19-21-23-25-26-27-28-29-31-33-35-37-39-41-43-45-47-49-51-69-53-55(54-70-61-59(65)60(73-74(66,67)68)58(64)56(52-62)72-61)71-57(63)50-48-46-44-42-40-38-36-34-32-30-24-22-20-18-16-14-12-10-8-6-4-2/h5,7,11,13,16-19,22-25,27-28,55-56,58-62,64-65H,3-4,6,8-10,12,14-15,20-21,26,29-54H2,1-2H3,(H,66,67,68)/b7-5-,13-11-,18-16-,19-17-,24-22-,25-23-,28-27-. The number of aliphatic hydroxyl groups is 3. The SMILES string of the molecule is CC/C=C\C/C=C\C/C=C\C/C=C\C/C=C\CCCCCCCCCCCCOCC(COC1OC(CO)C(O)C(OS(=O)(=O)O)C1O)OC(=O)CCCCCCCCCCC/C=C\C/C=C\CCCCCCC. The molecule has 0 saturated carbocycles. The van der Waals surface area contributed by atoms with E-state index >= 15 is 0 Å². The molecular weight excluding hydrogens is 957 g/mol. The van der Waals surface area contributed by atoms with Crippen LogP contribution in [0.1, 0.15) is 232 Å². The van der Waals surface area contributed by atoms with Crippen LogP contribution in [0.5, 0.6) is 0 Å². The fourth-order valence-electron chi connectivity index (χ4n) is 8.61. The van der Waals surface area contributed by atoms with Gasteiger partial charge in [-0.25, -0.2) is 4.18 Å². The van der Waals surface area contributed by atoms with Crippen molar-refractivity contribution in [3.05, 3.63) is 85.1 Å². The topological polar surface area (TPSA) is 178 Å². The largest absolute Gasteiger partial charge is 0.457 e. The molecule has 0 amide bonds. The number of hydrogen-bond acceptors (Lipinski definition) is 11. The minimum Gasteiger partial charge on any atom is -0.457 e. The van der Waals surface area contributed by atoms with Gasteiger partial charge in [-0.2, -0.15) is 8.42 Å². The molecule has 74 heavy (non-hydrogen) atoms. The second-order valence-corrected chi connectivity index (χ2v) is 20.9. The van der Waals surface area contributed by atoms with Crippen LogP contribution < -0.4 is 0 Å². The molecule has 0 aromatic carbocycles. The molecule has 1 aliphatic heterocycles. The van der Waals surface area contributed by atoms with E-state index in [4.69, 9.17) is 18.9 Å². The fourth-order valence-corrected chi connectivity index (χ4v) is 9.12. The summed E-state index contributed by atoms with van der Waals surface area (Å²) < 4.78 is 59.5. The van der Waals surface area contributed by atoms with Crippen LogP contribution in [-0.4, -0.2) is 97.5 Å². The number of hydrogen-bond donors (Lipinski definition) is 4. The highest BCUT2D eigenvalue weighted by Crippen LogP contribution is 2.26. The van der Waals surface area contributed by atoms with Crippen molar-refractivity contribution >= 4 is 16.4 Å². The highest BCUT2D eigenvalue weighted by atomic mass is 32.3. The van der Waals surface area contributed by atoms with Gasteiger partial charge in [0.2, 0.25) is 0 Å². The third-order valence-corrected chi connectivity index (χ3v) is 13.5. The van der Waals surface area contributed by atoms with Gasteiger partial charge in [-0.05, 0) is 89.9 Å². The monoisotopic (exact) mass is 1060 g/mol. The molecule has 0 aliphatic carbocycles. The van der Waals surface area contributed by atoms with Gasteiger partial charge in [0, 0.05) is 13.0 Å². The van der Waals surface area contributed by atoms with Gasteiger partial charge in [0.1, 0.15) is 30.5 Å². The molecule has 12 nitrogen and oxygen atoms in total. The molecule has 0 aromatic heterocycles. The van der Waals surface area contributed by atoms with Gasteiger partial charge >= 0.3 is 16.4 Å². The lowest BCUT2D eigenvalue weighted by atomic mass is 9.99. The van der Waals surface area contributed by atoms with Crippen LogP contribution in [0.25, 0.3) is 0 Å². The maximum absolute atomic E-state index is 13.0. The lowest BCUT2D eigenvalue weighted by Crippen LogP contribution is -2.60.